The fourth-order valence-corrected chi connectivity index (χ4v) is 3.87. The predicted octanol–water partition coefficient (Wildman–Crippen LogP) is 6.69. The molecule has 3 N–H and O–H groups in total. The maximum atomic E-state index is 10.5. The molecule has 0 heterocycles. The smallest absolute Gasteiger partial charge is 0.113 e. The van der Waals surface area contributed by atoms with Gasteiger partial charge in [-0.05, 0) is 25.7 Å². The molecule has 0 aromatic heterocycles. The zero-order valence-electron chi connectivity index (χ0n) is 18.8. The first kappa shape index (κ1) is 27.6. The monoisotopic (exact) mass is 398 g/mol. The summed E-state index contributed by atoms with van der Waals surface area (Å²) in [6.45, 7) is 5.60. The summed E-state index contributed by atoms with van der Waals surface area (Å²) >= 11 is 0. The van der Waals surface area contributed by atoms with Crippen molar-refractivity contribution >= 4 is 0 Å². The zero-order valence-corrected chi connectivity index (χ0v) is 18.8. The third kappa shape index (κ3) is 15.5. The summed E-state index contributed by atoms with van der Waals surface area (Å²) in [6.07, 6.45) is 23.1. The minimum absolute atomic E-state index is 0.360. The molecule has 3 nitrogen and oxygen atoms in total. The van der Waals surface area contributed by atoms with E-state index < -0.39 is 11.7 Å². The van der Waals surface area contributed by atoms with E-state index in [2.05, 4.69) is 13.5 Å². The first-order valence-corrected chi connectivity index (χ1v) is 12.2. The molecule has 0 aliphatic heterocycles. The number of unbranched alkanes of at least 4 members (excludes halogenated alkanes) is 15. The van der Waals surface area contributed by atoms with Crippen LogP contribution in [0, 0.1) is 0 Å². The van der Waals surface area contributed by atoms with Gasteiger partial charge in [0.25, 0.3) is 0 Å². The summed E-state index contributed by atoms with van der Waals surface area (Å²) < 4.78 is 0. The van der Waals surface area contributed by atoms with Crippen LogP contribution < -0.4 is 0 Å². The summed E-state index contributed by atoms with van der Waals surface area (Å²) in [4.78, 5) is 0. The van der Waals surface area contributed by atoms with Gasteiger partial charge < -0.3 is 15.3 Å². The highest BCUT2D eigenvalue weighted by Crippen LogP contribution is 2.23. The zero-order chi connectivity index (χ0) is 20.9. The molecular weight excluding hydrogens is 348 g/mol. The van der Waals surface area contributed by atoms with E-state index in [1.165, 1.54) is 77.0 Å². The van der Waals surface area contributed by atoms with Crippen molar-refractivity contribution in [1.82, 2.24) is 0 Å². The fraction of sp³-hybridized carbons (Fsp3) is 0.920. The van der Waals surface area contributed by atoms with Gasteiger partial charge in [0.05, 0.1) is 12.7 Å². The van der Waals surface area contributed by atoms with Crippen LogP contribution in [0.2, 0.25) is 0 Å². The second-order valence-electron chi connectivity index (χ2n) is 8.70. The summed E-state index contributed by atoms with van der Waals surface area (Å²) in [6, 6.07) is 0. The second kappa shape index (κ2) is 19.9. The van der Waals surface area contributed by atoms with Crippen LogP contribution in [-0.4, -0.2) is 33.6 Å². The first-order chi connectivity index (χ1) is 13.6. The molecule has 28 heavy (non-hydrogen) atoms. The molecule has 0 aliphatic rings. The Kier molecular flexibility index (Phi) is 19.6. The van der Waals surface area contributed by atoms with Gasteiger partial charge in [0.2, 0.25) is 0 Å². The molecule has 0 amide bonds. The van der Waals surface area contributed by atoms with Gasteiger partial charge in [-0.25, -0.2) is 0 Å². The number of aliphatic hydroxyl groups is 3. The van der Waals surface area contributed by atoms with Crippen molar-refractivity contribution in [2.45, 2.75) is 141 Å². The van der Waals surface area contributed by atoms with Crippen molar-refractivity contribution in [2.75, 3.05) is 6.61 Å². The van der Waals surface area contributed by atoms with Gasteiger partial charge >= 0.3 is 0 Å². The molecule has 0 aromatic rings. The minimum Gasteiger partial charge on any atom is -0.393 e. The standard InChI is InChI=1S/C25H50O3/c1-3-5-7-9-10-11-12-13-14-15-16-17-18-19-21-24(27)25(28,23-26)22-20-8-6-4-2/h4,24,26-28H,2-3,5-23H2,1H3. The molecule has 2 unspecified atom stereocenters. The van der Waals surface area contributed by atoms with E-state index in [0.717, 1.165) is 32.1 Å². The molecule has 3 heteroatoms. The lowest BCUT2D eigenvalue weighted by Crippen LogP contribution is -2.45. The molecular formula is C25H50O3. The first-order valence-electron chi connectivity index (χ1n) is 12.2. The van der Waals surface area contributed by atoms with E-state index in [0.29, 0.717) is 12.8 Å². The summed E-state index contributed by atoms with van der Waals surface area (Å²) in [5.74, 6) is 0. The SMILES string of the molecule is C=CCCCCC(O)(CO)C(O)CCCCCCCCCCCCCCCC. The van der Waals surface area contributed by atoms with E-state index in [1.54, 1.807) is 0 Å². The highest BCUT2D eigenvalue weighted by Gasteiger charge is 2.33. The van der Waals surface area contributed by atoms with Crippen LogP contribution in [0.25, 0.3) is 0 Å². The Bertz CT molecular complexity index is 332. The van der Waals surface area contributed by atoms with Crippen LogP contribution in [0.4, 0.5) is 0 Å². The Labute approximate surface area is 175 Å². The molecule has 0 saturated heterocycles. The molecule has 0 saturated carbocycles. The van der Waals surface area contributed by atoms with Gasteiger partial charge in [-0.15, -0.1) is 6.58 Å². The number of rotatable bonds is 22. The highest BCUT2D eigenvalue weighted by atomic mass is 16.4. The van der Waals surface area contributed by atoms with Crippen molar-refractivity contribution < 1.29 is 15.3 Å². The highest BCUT2D eigenvalue weighted by molar-refractivity contribution is 4.86. The average Bonchev–Trinajstić information content (AvgIpc) is 2.71. The van der Waals surface area contributed by atoms with E-state index >= 15 is 0 Å². The number of aliphatic hydroxyl groups excluding tert-OH is 2. The quantitative estimate of drug-likeness (QED) is 0.141. The maximum absolute atomic E-state index is 10.5. The molecule has 0 spiro atoms. The van der Waals surface area contributed by atoms with Crippen LogP contribution in [0.3, 0.4) is 0 Å². The van der Waals surface area contributed by atoms with Crippen molar-refractivity contribution in [1.29, 1.82) is 0 Å². The van der Waals surface area contributed by atoms with Gasteiger partial charge in [0, 0.05) is 0 Å². The Balaban J connectivity index is 3.51. The summed E-state index contributed by atoms with van der Waals surface area (Å²) in [7, 11) is 0. The fourth-order valence-electron chi connectivity index (χ4n) is 3.87. The Morgan fingerprint density at radius 3 is 1.64 bits per heavy atom. The Hall–Kier alpha value is -0.380. The van der Waals surface area contributed by atoms with Gasteiger partial charge in [-0.3, -0.25) is 0 Å². The molecule has 168 valence electrons. The third-order valence-corrected chi connectivity index (χ3v) is 5.99. The number of hydrogen-bond acceptors (Lipinski definition) is 3. The van der Waals surface area contributed by atoms with E-state index in [9.17, 15) is 15.3 Å². The van der Waals surface area contributed by atoms with Crippen LogP contribution in [-0.2, 0) is 0 Å². The molecule has 0 fully saturated rings. The summed E-state index contributed by atoms with van der Waals surface area (Å²) in [5.41, 5.74) is -1.34. The molecule has 0 aliphatic carbocycles. The van der Waals surface area contributed by atoms with Crippen molar-refractivity contribution in [3.05, 3.63) is 12.7 Å². The largest absolute Gasteiger partial charge is 0.393 e. The van der Waals surface area contributed by atoms with E-state index in [-0.39, 0.29) is 6.61 Å². The predicted molar refractivity (Wildman–Crippen MR) is 122 cm³/mol. The van der Waals surface area contributed by atoms with Gasteiger partial charge in [0.15, 0.2) is 0 Å². The van der Waals surface area contributed by atoms with Crippen molar-refractivity contribution in [2.24, 2.45) is 0 Å². The minimum atomic E-state index is -1.34. The number of hydrogen-bond donors (Lipinski definition) is 3. The lowest BCUT2D eigenvalue weighted by Gasteiger charge is -2.31. The van der Waals surface area contributed by atoms with Gasteiger partial charge in [-0.2, -0.15) is 0 Å². The number of allylic oxidation sites excluding steroid dienone is 1. The van der Waals surface area contributed by atoms with E-state index in [1.807, 2.05) is 6.08 Å². The van der Waals surface area contributed by atoms with Gasteiger partial charge in [0.1, 0.15) is 5.60 Å². The molecule has 0 radical (unpaired) electrons. The third-order valence-electron chi connectivity index (χ3n) is 5.99. The summed E-state index contributed by atoms with van der Waals surface area (Å²) in [5, 5.41) is 30.2. The topological polar surface area (TPSA) is 60.7 Å². The molecule has 2 atom stereocenters. The van der Waals surface area contributed by atoms with Crippen molar-refractivity contribution in [3.63, 3.8) is 0 Å². The maximum Gasteiger partial charge on any atom is 0.113 e. The lowest BCUT2D eigenvalue weighted by molar-refractivity contribution is -0.114. The van der Waals surface area contributed by atoms with E-state index in [4.69, 9.17) is 0 Å². The van der Waals surface area contributed by atoms with Crippen LogP contribution in [0.1, 0.15) is 129 Å². The van der Waals surface area contributed by atoms with Gasteiger partial charge in [-0.1, -0.05) is 109 Å². The van der Waals surface area contributed by atoms with Crippen LogP contribution in [0.5, 0.6) is 0 Å². The Morgan fingerprint density at radius 2 is 1.21 bits per heavy atom. The molecule has 0 aromatic carbocycles. The average molecular weight is 399 g/mol. The Morgan fingerprint density at radius 1 is 0.750 bits per heavy atom. The molecule has 0 rings (SSSR count). The molecule has 0 bridgehead atoms. The lowest BCUT2D eigenvalue weighted by atomic mass is 9.88. The van der Waals surface area contributed by atoms with Crippen LogP contribution >= 0.6 is 0 Å². The normalized spacial score (nSPS) is 14.7. The second-order valence-corrected chi connectivity index (χ2v) is 8.70. The van der Waals surface area contributed by atoms with Crippen LogP contribution in [0.15, 0.2) is 12.7 Å². The van der Waals surface area contributed by atoms with Crippen molar-refractivity contribution in [3.8, 4) is 0 Å².